The van der Waals surface area contributed by atoms with Gasteiger partial charge in [-0.05, 0) is 54.7 Å². The molecule has 20 heavy (non-hydrogen) atoms. The molecule has 1 unspecified atom stereocenters. The van der Waals surface area contributed by atoms with E-state index in [2.05, 4.69) is 44.7 Å². The third-order valence-corrected chi connectivity index (χ3v) is 4.39. The molecular formula is C14H17BrFN3S. The smallest absolute Gasteiger partial charge is 0.124 e. The van der Waals surface area contributed by atoms with Crippen molar-refractivity contribution >= 4 is 27.5 Å². The van der Waals surface area contributed by atoms with E-state index in [1.807, 2.05) is 6.07 Å². The number of likely N-dealkylation sites (N-methyl/N-ethyl adjacent to an activating group) is 1. The summed E-state index contributed by atoms with van der Waals surface area (Å²) in [6.07, 6.45) is 1.58. The van der Waals surface area contributed by atoms with Gasteiger partial charge in [-0.3, -0.25) is 0 Å². The van der Waals surface area contributed by atoms with Crippen LogP contribution in [0.25, 0.3) is 0 Å². The van der Waals surface area contributed by atoms with Gasteiger partial charge in [0, 0.05) is 10.5 Å². The lowest BCUT2D eigenvalue weighted by molar-refractivity contribution is 0.549. The first kappa shape index (κ1) is 15.5. The Bertz CT molecular complexity index is 553. The van der Waals surface area contributed by atoms with E-state index in [0.29, 0.717) is 0 Å². The molecule has 1 aromatic heterocycles. The van der Waals surface area contributed by atoms with Gasteiger partial charge in [-0.25, -0.2) is 4.39 Å². The van der Waals surface area contributed by atoms with E-state index >= 15 is 0 Å². The predicted octanol–water partition coefficient (Wildman–Crippen LogP) is 3.90. The molecule has 3 nitrogen and oxygen atoms in total. The first-order valence-electron chi connectivity index (χ1n) is 6.63. The van der Waals surface area contributed by atoms with Gasteiger partial charge in [-0.15, -0.1) is 5.10 Å². The average Bonchev–Trinajstić information content (AvgIpc) is 2.85. The minimum Gasteiger partial charge on any atom is -0.309 e. The minimum absolute atomic E-state index is 0.128. The molecule has 0 aliphatic carbocycles. The second kappa shape index (κ2) is 7.24. The lowest BCUT2D eigenvalue weighted by atomic mass is 10.0. The normalized spacial score (nSPS) is 12.6. The number of hydrogen-bond donors (Lipinski definition) is 1. The molecule has 6 heteroatoms. The Balaban J connectivity index is 2.25. The number of nitrogens with zero attached hydrogens (tertiary/aromatic N) is 2. The van der Waals surface area contributed by atoms with Crippen LogP contribution < -0.4 is 5.32 Å². The summed E-state index contributed by atoms with van der Waals surface area (Å²) in [7, 11) is 0. The molecule has 0 amide bonds. The summed E-state index contributed by atoms with van der Waals surface area (Å²) in [5.74, 6) is -0.220. The molecule has 0 radical (unpaired) electrons. The number of aromatic nitrogens is 2. The summed E-state index contributed by atoms with van der Waals surface area (Å²) >= 11 is 4.76. The van der Waals surface area contributed by atoms with Crippen LogP contribution in [0.4, 0.5) is 4.39 Å². The summed E-state index contributed by atoms with van der Waals surface area (Å²) in [6, 6.07) is 5.13. The number of benzene rings is 1. The number of aryl methyl sites for hydroxylation is 1. The number of halogens is 2. The Kier molecular flexibility index (Phi) is 5.63. The maximum absolute atomic E-state index is 13.5. The van der Waals surface area contributed by atoms with Crippen LogP contribution in [0.15, 0.2) is 22.7 Å². The second-order valence-electron chi connectivity index (χ2n) is 4.53. The Morgan fingerprint density at radius 2 is 2.15 bits per heavy atom. The maximum Gasteiger partial charge on any atom is 0.124 e. The van der Waals surface area contributed by atoms with Crippen molar-refractivity contribution in [3.05, 3.63) is 44.6 Å². The molecule has 1 N–H and O–H groups in total. The molecule has 2 aromatic rings. The lowest BCUT2D eigenvalue weighted by Gasteiger charge is -2.17. The minimum atomic E-state index is -0.220. The molecule has 0 aliphatic heterocycles. The summed E-state index contributed by atoms with van der Waals surface area (Å²) in [6.45, 7) is 4.98. The third-order valence-electron chi connectivity index (χ3n) is 3.05. The monoisotopic (exact) mass is 357 g/mol. The zero-order valence-electron chi connectivity index (χ0n) is 11.5. The van der Waals surface area contributed by atoms with Crippen LogP contribution in [-0.4, -0.2) is 16.1 Å². The van der Waals surface area contributed by atoms with Crippen LogP contribution in [0.3, 0.4) is 0 Å². The number of nitrogens with one attached hydrogen (secondary N) is 1. The fourth-order valence-corrected chi connectivity index (χ4v) is 3.52. The van der Waals surface area contributed by atoms with Gasteiger partial charge >= 0.3 is 0 Å². The molecular weight excluding hydrogens is 341 g/mol. The third kappa shape index (κ3) is 3.84. The van der Waals surface area contributed by atoms with Crippen molar-refractivity contribution in [1.29, 1.82) is 0 Å². The highest BCUT2D eigenvalue weighted by Gasteiger charge is 2.18. The highest BCUT2D eigenvalue weighted by Crippen LogP contribution is 2.26. The zero-order valence-corrected chi connectivity index (χ0v) is 13.9. The molecule has 0 saturated heterocycles. The topological polar surface area (TPSA) is 37.8 Å². The summed E-state index contributed by atoms with van der Waals surface area (Å²) in [5.41, 5.74) is 1.98. The first-order valence-corrected chi connectivity index (χ1v) is 8.20. The van der Waals surface area contributed by atoms with Crippen LogP contribution in [0, 0.1) is 5.82 Å². The standard InChI is InChI=1S/C14H17BrFN3S/c1-3-12-14(20-19-18-12)13(17-4-2)7-9-5-10(15)8-11(16)6-9/h5-6,8,13,17H,3-4,7H2,1-2H3. The van der Waals surface area contributed by atoms with Crippen molar-refractivity contribution in [3.8, 4) is 0 Å². The highest BCUT2D eigenvalue weighted by atomic mass is 79.9. The molecule has 0 bridgehead atoms. The Hall–Kier alpha value is -0.850. The van der Waals surface area contributed by atoms with Crippen molar-refractivity contribution in [3.63, 3.8) is 0 Å². The molecule has 2 rings (SSSR count). The van der Waals surface area contributed by atoms with Gasteiger partial charge in [0.25, 0.3) is 0 Å². The number of rotatable bonds is 6. The van der Waals surface area contributed by atoms with Gasteiger partial charge in [0.05, 0.1) is 10.6 Å². The maximum atomic E-state index is 13.5. The molecule has 1 atom stereocenters. The summed E-state index contributed by atoms with van der Waals surface area (Å²) < 4.78 is 18.3. The zero-order chi connectivity index (χ0) is 14.5. The van der Waals surface area contributed by atoms with Gasteiger partial charge < -0.3 is 5.32 Å². The Labute approximate surface area is 130 Å². The van der Waals surface area contributed by atoms with Gasteiger partial charge in [-0.1, -0.05) is 34.3 Å². The summed E-state index contributed by atoms with van der Waals surface area (Å²) in [5, 5.41) is 7.60. The van der Waals surface area contributed by atoms with E-state index in [1.54, 1.807) is 6.07 Å². The van der Waals surface area contributed by atoms with Crippen molar-refractivity contribution in [1.82, 2.24) is 14.9 Å². The fourth-order valence-electron chi connectivity index (χ4n) is 2.19. The molecule has 0 aliphatic rings. The van der Waals surface area contributed by atoms with Crippen LogP contribution in [0.1, 0.15) is 36.0 Å². The molecule has 1 aromatic carbocycles. The van der Waals surface area contributed by atoms with E-state index in [4.69, 9.17) is 0 Å². The Morgan fingerprint density at radius 3 is 2.80 bits per heavy atom. The van der Waals surface area contributed by atoms with E-state index in [0.717, 1.165) is 40.0 Å². The first-order chi connectivity index (χ1) is 9.63. The van der Waals surface area contributed by atoms with Crippen molar-refractivity contribution in [2.45, 2.75) is 32.7 Å². The number of hydrogen-bond acceptors (Lipinski definition) is 4. The van der Waals surface area contributed by atoms with Crippen molar-refractivity contribution in [2.24, 2.45) is 0 Å². The van der Waals surface area contributed by atoms with Gasteiger partial charge in [0.15, 0.2) is 0 Å². The largest absolute Gasteiger partial charge is 0.309 e. The van der Waals surface area contributed by atoms with Gasteiger partial charge in [0.2, 0.25) is 0 Å². The van der Waals surface area contributed by atoms with Crippen LogP contribution in [0.5, 0.6) is 0 Å². The fraction of sp³-hybridized carbons (Fsp3) is 0.429. The lowest BCUT2D eigenvalue weighted by Crippen LogP contribution is -2.23. The Morgan fingerprint density at radius 1 is 1.35 bits per heavy atom. The summed E-state index contributed by atoms with van der Waals surface area (Å²) in [4.78, 5) is 1.15. The molecule has 0 saturated carbocycles. The molecule has 1 heterocycles. The average molecular weight is 358 g/mol. The van der Waals surface area contributed by atoms with Gasteiger partial charge in [-0.2, -0.15) is 0 Å². The van der Waals surface area contributed by atoms with Gasteiger partial charge in [0.1, 0.15) is 5.82 Å². The van der Waals surface area contributed by atoms with Crippen LogP contribution in [0.2, 0.25) is 0 Å². The van der Waals surface area contributed by atoms with E-state index in [1.165, 1.54) is 17.6 Å². The van der Waals surface area contributed by atoms with E-state index in [-0.39, 0.29) is 11.9 Å². The van der Waals surface area contributed by atoms with E-state index < -0.39 is 0 Å². The second-order valence-corrected chi connectivity index (χ2v) is 6.23. The molecule has 108 valence electrons. The van der Waals surface area contributed by atoms with E-state index in [9.17, 15) is 4.39 Å². The van der Waals surface area contributed by atoms with Crippen LogP contribution >= 0.6 is 27.5 Å². The molecule has 0 fully saturated rings. The van der Waals surface area contributed by atoms with Crippen LogP contribution in [-0.2, 0) is 12.8 Å². The molecule has 0 spiro atoms. The highest BCUT2D eigenvalue weighted by molar-refractivity contribution is 9.10. The van der Waals surface area contributed by atoms with Crippen molar-refractivity contribution in [2.75, 3.05) is 6.54 Å². The predicted molar refractivity (Wildman–Crippen MR) is 83.5 cm³/mol. The SMILES string of the molecule is CCNC(Cc1cc(F)cc(Br)c1)c1snnc1CC. The van der Waals surface area contributed by atoms with Crippen molar-refractivity contribution < 1.29 is 4.39 Å². The quantitative estimate of drug-likeness (QED) is 0.851.